The van der Waals surface area contributed by atoms with E-state index >= 15 is 0 Å². The van der Waals surface area contributed by atoms with Crippen LogP contribution < -0.4 is 18.9 Å². The molecule has 1 nitrogen and oxygen atoms in total. The van der Waals surface area contributed by atoms with Gasteiger partial charge >= 0.3 is 18.9 Å². The van der Waals surface area contributed by atoms with Gasteiger partial charge in [0.15, 0.2) is 0 Å². The zero-order valence-corrected chi connectivity index (χ0v) is 10.7. The quantitative estimate of drug-likeness (QED) is 0.625. The van der Waals surface area contributed by atoms with Crippen LogP contribution in [0.2, 0.25) is 19.6 Å². The Morgan fingerprint density at radius 2 is 1.64 bits per heavy atom. The van der Waals surface area contributed by atoms with Crippen LogP contribution >= 0.6 is 0 Å². The Morgan fingerprint density at radius 3 is 2.14 bits per heavy atom. The standard InChI is InChI=1S/C11H18NSi.Li/c1-13(2,3)12-10-9-11-7-5-4-6-8-11;/h4-8H,9-10H2,1-3H3;/q-1;+1. The molecular weight excluding hydrogens is 181 g/mol. The molecule has 0 aliphatic rings. The zero-order chi connectivity index (χ0) is 9.73. The van der Waals surface area contributed by atoms with Crippen LogP contribution in [0.25, 0.3) is 4.98 Å². The Bertz CT molecular complexity index is 243. The van der Waals surface area contributed by atoms with Crippen LogP contribution in [-0.4, -0.2) is 14.8 Å². The van der Waals surface area contributed by atoms with Gasteiger partial charge in [0.25, 0.3) is 0 Å². The second-order valence-corrected chi connectivity index (χ2v) is 8.95. The minimum absolute atomic E-state index is 0. The Labute approximate surface area is 101 Å². The number of nitrogens with zero attached hydrogens (tertiary/aromatic N) is 1. The number of hydrogen-bond donors (Lipinski definition) is 0. The molecule has 0 unspecified atom stereocenters. The summed E-state index contributed by atoms with van der Waals surface area (Å²) in [4.78, 5) is 4.69. The summed E-state index contributed by atoms with van der Waals surface area (Å²) >= 11 is 0. The monoisotopic (exact) mass is 199 g/mol. The fourth-order valence-corrected chi connectivity index (χ4v) is 1.95. The van der Waals surface area contributed by atoms with Gasteiger partial charge in [-0.25, -0.2) is 0 Å². The van der Waals surface area contributed by atoms with E-state index in [4.69, 9.17) is 4.98 Å². The molecule has 0 aromatic heterocycles. The van der Waals surface area contributed by atoms with E-state index < -0.39 is 8.24 Å². The second-order valence-electron chi connectivity index (χ2n) is 4.29. The van der Waals surface area contributed by atoms with Crippen LogP contribution in [0.15, 0.2) is 30.3 Å². The SMILES string of the molecule is C[Si](C)(C)[N-]CCc1ccccc1.[Li+]. The van der Waals surface area contributed by atoms with E-state index in [9.17, 15) is 0 Å². The number of rotatable bonds is 4. The molecule has 0 aliphatic heterocycles. The Kier molecular flexibility index (Phi) is 6.47. The van der Waals surface area contributed by atoms with Crippen molar-refractivity contribution in [1.29, 1.82) is 0 Å². The summed E-state index contributed by atoms with van der Waals surface area (Å²) in [7, 11) is -1.19. The summed E-state index contributed by atoms with van der Waals surface area (Å²) < 4.78 is 0. The summed E-state index contributed by atoms with van der Waals surface area (Å²) in [5.74, 6) is 0. The van der Waals surface area contributed by atoms with E-state index in [-0.39, 0.29) is 18.9 Å². The van der Waals surface area contributed by atoms with Gasteiger partial charge in [0.1, 0.15) is 0 Å². The van der Waals surface area contributed by atoms with Crippen LogP contribution in [0.3, 0.4) is 0 Å². The van der Waals surface area contributed by atoms with Crippen molar-refractivity contribution in [1.82, 2.24) is 0 Å². The van der Waals surface area contributed by atoms with Gasteiger partial charge in [-0.1, -0.05) is 58.2 Å². The van der Waals surface area contributed by atoms with Crippen molar-refractivity contribution in [2.45, 2.75) is 26.1 Å². The molecule has 0 radical (unpaired) electrons. The van der Waals surface area contributed by atoms with Crippen molar-refractivity contribution < 1.29 is 18.9 Å². The predicted molar refractivity (Wildman–Crippen MR) is 61.7 cm³/mol. The topological polar surface area (TPSA) is 14.1 Å². The van der Waals surface area contributed by atoms with Crippen molar-refractivity contribution in [3.05, 3.63) is 40.9 Å². The third kappa shape index (κ3) is 6.45. The first-order chi connectivity index (χ1) is 6.08. The van der Waals surface area contributed by atoms with E-state index in [2.05, 4.69) is 50.0 Å². The molecular formula is C11H18LiNSi. The molecule has 0 aliphatic carbocycles. The minimum atomic E-state index is -1.19. The third-order valence-electron chi connectivity index (χ3n) is 1.83. The van der Waals surface area contributed by atoms with E-state index in [1.807, 2.05) is 0 Å². The summed E-state index contributed by atoms with van der Waals surface area (Å²) in [6, 6.07) is 10.6. The molecule has 0 heterocycles. The van der Waals surface area contributed by atoms with Gasteiger partial charge in [-0.2, -0.15) is 0 Å². The van der Waals surface area contributed by atoms with Crippen LogP contribution in [0.1, 0.15) is 5.56 Å². The molecule has 0 amide bonds. The van der Waals surface area contributed by atoms with Crippen LogP contribution in [0.5, 0.6) is 0 Å². The fourth-order valence-electron chi connectivity index (χ4n) is 1.17. The second kappa shape index (κ2) is 6.47. The fraction of sp³-hybridized carbons (Fsp3) is 0.455. The average Bonchev–Trinajstić information content (AvgIpc) is 2.04. The van der Waals surface area contributed by atoms with Crippen molar-refractivity contribution >= 4 is 8.24 Å². The minimum Gasteiger partial charge on any atom is -0.665 e. The van der Waals surface area contributed by atoms with Crippen molar-refractivity contribution in [3.63, 3.8) is 0 Å². The number of benzene rings is 1. The first-order valence-corrected chi connectivity index (χ1v) is 8.25. The molecule has 1 rings (SSSR count). The summed E-state index contributed by atoms with van der Waals surface area (Å²) in [6.45, 7) is 7.81. The van der Waals surface area contributed by atoms with E-state index in [1.54, 1.807) is 0 Å². The molecule has 1 aromatic rings. The predicted octanol–water partition coefficient (Wildman–Crippen LogP) is 0.442. The molecule has 0 N–H and O–H groups in total. The van der Waals surface area contributed by atoms with E-state index in [1.165, 1.54) is 5.56 Å². The molecule has 0 spiro atoms. The zero-order valence-electron chi connectivity index (χ0n) is 9.75. The molecule has 0 saturated carbocycles. The van der Waals surface area contributed by atoms with E-state index in [0.717, 1.165) is 13.0 Å². The van der Waals surface area contributed by atoms with Crippen molar-refractivity contribution in [3.8, 4) is 0 Å². The molecule has 0 atom stereocenters. The average molecular weight is 199 g/mol. The van der Waals surface area contributed by atoms with Gasteiger partial charge in [-0.15, -0.1) is 6.54 Å². The molecule has 14 heavy (non-hydrogen) atoms. The third-order valence-corrected chi connectivity index (χ3v) is 3.00. The van der Waals surface area contributed by atoms with Crippen LogP contribution in [0.4, 0.5) is 0 Å². The molecule has 0 bridgehead atoms. The maximum Gasteiger partial charge on any atom is 1.00 e. The Balaban J connectivity index is 0.00000169. The molecule has 1 aromatic carbocycles. The maximum atomic E-state index is 4.69. The molecule has 0 fully saturated rings. The molecule has 72 valence electrons. The smallest absolute Gasteiger partial charge is 0.665 e. The number of hydrogen-bond acceptors (Lipinski definition) is 0. The first-order valence-electron chi connectivity index (χ1n) is 4.80. The normalized spacial score (nSPS) is 10.8. The summed E-state index contributed by atoms with van der Waals surface area (Å²) in [5, 5.41) is 0. The largest absolute Gasteiger partial charge is 1.00 e. The van der Waals surface area contributed by atoms with Gasteiger partial charge in [0.05, 0.1) is 0 Å². The van der Waals surface area contributed by atoms with Gasteiger partial charge in [0, 0.05) is 0 Å². The van der Waals surface area contributed by atoms with Crippen molar-refractivity contribution in [2.24, 2.45) is 0 Å². The molecule has 3 heteroatoms. The summed E-state index contributed by atoms with van der Waals surface area (Å²) in [5.41, 5.74) is 1.39. The van der Waals surface area contributed by atoms with Crippen molar-refractivity contribution in [2.75, 3.05) is 6.54 Å². The van der Waals surface area contributed by atoms with Gasteiger partial charge < -0.3 is 4.98 Å². The van der Waals surface area contributed by atoms with Crippen LogP contribution in [0, 0.1) is 0 Å². The van der Waals surface area contributed by atoms with Crippen LogP contribution in [-0.2, 0) is 6.42 Å². The summed E-state index contributed by atoms with van der Waals surface area (Å²) in [6.07, 6.45) is 1.09. The van der Waals surface area contributed by atoms with Gasteiger partial charge in [0.2, 0.25) is 0 Å². The van der Waals surface area contributed by atoms with Gasteiger partial charge in [-0.05, 0) is 12.0 Å². The Hall–Kier alpha value is -0.00571. The maximum absolute atomic E-state index is 4.69. The van der Waals surface area contributed by atoms with E-state index in [0.29, 0.717) is 0 Å². The molecule has 0 saturated heterocycles. The first kappa shape index (κ1) is 14.0. The Morgan fingerprint density at radius 1 is 1.07 bits per heavy atom. The van der Waals surface area contributed by atoms with Gasteiger partial charge in [-0.3, -0.25) is 0 Å².